The molecule has 0 aromatic rings. The Hall–Kier alpha value is -0.790. The van der Waals surface area contributed by atoms with E-state index in [0.29, 0.717) is 6.42 Å². The van der Waals surface area contributed by atoms with Gasteiger partial charge in [0.25, 0.3) is 0 Å². The van der Waals surface area contributed by atoms with Crippen molar-refractivity contribution in [1.29, 1.82) is 0 Å². The van der Waals surface area contributed by atoms with Crippen LogP contribution in [-0.4, -0.2) is 36.2 Å². The Morgan fingerprint density at radius 2 is 1.85 bits per heavy atom. The number of esters is 2. The van der Waals surface area contributed by atoms with Crippen LogP contribution in [0.1, 0.15) is 39.0 Å². The standard InChI is InChI=1S/C12H18BrF3O4/c1-2-3-4-5-6-19-10(17)7-9(8-13)20-11(18)12(14,15)16/h9H,2-8H2,1H3. The lowest BCUT2D eigenvalue weighted by Crippen LogP contribution is -2.32. The van der Waals surface area contributed by atoms with Gasteiger partial charge in [0.2, 0.25) is 0 Å². The zero-order chi connectivity index (χ0) is 15.6. The highest BCUT2D eigenvalue weighted by Crippen LogP contribution is 2.19. The minimum Gasteiger partial charge on any atom is -0.466 e. The molecule has 118 valence electrons. The highest BCUT2D eigenvalue weighted by Gasteiger charge is 2.42. The molecule has 0 amide bonds. The van der Waals surface area contributed by atoms with Crippen LogP contribution in [0.3, 0.4) is 0 Å². The van der Waals surface area contributed by atoms with Gasteiger partial charge in [-0.2, -0.15) is 13.2 Å². The molecular formula is C12H18BrF3O4. The van der Waals surface area contributed by atoms with Gasteiger partial charge in [-0.25, -0.2) is 4.79 Å². The van der Waals surface area contributed by atoms with E-state index in [1.807, 2.05) is 6.92 Å². The van der Waals surface area contributed by atoms with Crippen LogP contribution in [0.2, 0.25) is 0 Å². The van der Waals surface area contributed by atoms with Gasteiger partial charge in [-0.3, -0.25) is 4.79 Å². The highest BCUT2D eigenvalue weighted by molar-refractivity contribution is 9.09. The smallest absolute Gasteiger partial charge is 0.466 e. The second-order valence-electron chi connectivity index (χ2n) is 4.16. The van der Waals surface area contributed by atoms with Crippen LogP contribution in [0.5, 0.6) is 0 Å². The fraction of sp³-hybridized carbons (Fsp3) is 0.833. The average Bonchev–Trinajstić information content (AvgIpc) is 2.36. The highest BCUT2D eigenvalue weighted by atomic mass is 79.9. The quantitative estimate of drug-likeness (QED) is 0.358. The monoisotopic (exact) mass is 362 g/mol. The normalized spacial score (nSPS) is 12.8. The summed E-state index contributed by atoms with van der Waals surface area (Å²) in [6, 6.07) is 0. The summed E-state index contributed by atoms with van der Waals surface area (Å²) in [5, 5.41) is -0.0697. The number of hydrogen-bond donors (Lipinski definition) is 0. The lowest BCUT2D eigenvalue weighted by atomic mass is 10.2. The van der Waals surface area contributed by atoms with Gasteiger partial charge in [-0.1, -0.05) is 42.1 Å². The molecule has 0 heterocycles. The molecule has 0 bridgehead atoms. The Balaban J connectivity index is 3.98. The van der Waals surface area contributed by atoms with Crippen molar-refractivity contribution in [2.24, 2.45) is 0 Å². The first-order valence-electron chi connectivity index (χ1n) is 6.30. The van der Waals surface area contributed by atoms with Crippen LogP contribution >= 0.6 is 15.9 Å². The van der Waals surface area contributed by atoms with Crippen molar-refractivity contribution < 1.29 is 32.2 Å². The van der Waals surface area contributed by atoms with E-state index in [2.05, 4.69) is 20.7 Å². The summed E-state index contributed by atoms with van der Waals surface area (Å²) < 4.78 is 45.0. The van der Waals surface area contributed by atoms with Gasteiger partial charge in [0.05, 0.1) is 13.0 Å². The lowest BCUT2D eigenvalue weighted by Gasteiger charge is -2.15. The molecule has 8 heteroatoms. The molecule has 1 unspecified atom stereocenters. The summed E-state index contributed by atoms with van der Waals surface area (Å²) in [4.78, 5) is 22.0. The third kappa shape index (κ3) is 9.17. The summed E-state index contributed by atoms with van der Waals surface area (Å²) >= 11 is 2.89. The number of carbonyl (C=O) groups is 2. The van der Waals surface area contributed by atoms with Gasteiger partial charge in [-0.15, -0.1) is 0 Å². The van der Waals surface area contributed by atoms with E-state index in [4.69, 9.17) is 4.74 Å². The first-order valence-corrected chi connectivity index (χ1v) is 7.42. The molecule has 0 spiro atoms. The van der Waals surface area contributed by atoms with Crippen LogP contribution in [0, 0.1) is 0 Å². The Morgan fingerprint density at radius 3 is 2.35 bits per heavy atom. The molecule has 0 fully saturated rings. The van der Waals surface area contributed by atoms with E-state index in [1.165, 1.54) is 0 Å². The van der Waals surface area contributed by atoms with E-state index < -0.39 is 30.6 Å². The predicted molar refractivity (Wildman–Crippen MR) is 69.4 cm³/mol. The van der Waals surface area contributed by atoms with Crippen LogP contribution < -0.4 is 0 Å². The molecule has 0 aliphatic carbocycles. The Morgan fingerprint density at radius 1 is 1.20 bits per heavy atom. The molecule has 0 aromatic carbocycles. The Bertz CT molecular complexity index is 308. The van der Waals surface area contributed by atoms with E-state index in [1.54, 1.807) is 0 Å². The average molecular weight is 363 g/mol. The lowest BCUT2D eigenvalue weighted by molar-refractivity contribution is -0.204. The number of alkyl halides is 4. The van der Waals surface area contributed by atoms with Crippen molar-refractivity contribution in [1.82, 2.24) is 0 Å². The number of hydrogen-bond acceptors (Lipinski definition) is 4. The first kappa shape index (κ1) is 19.2. The molecule has 0 aliphatic rings. The number of halogens is 4. The van der Waals surface area contributed by atoms with Gasteiger partial charge < -0.3 is 9.47 Å². The minimum atomic E-state index is -5.07. The minimum absolute atomic E-state index is 0.0697. The number of ether oxygens (including phenoxy) is 2. The molecule has 0 N–H and O–H groups in total. The van der Waals surface area contributed by atoms with Gasteiger partial charge >= 0.3 is 18.1 Å². The topological polar surface area (TPSA) is 52.6 Å². The summed E-state index contributed by atoms with van der Waals surface area (Å²) in [6.45, 7) is 2.27. The molecule has 0 saturated carbocycles. The maximum Gasteiger partial charge on any atom is 0.490 e. The summed E-state index contributed by atoms with van der Waals surface area (Å²) in [5.74, 6) is -2.99. The molecule has 1 atom stereocenters. The van der Waals surface area contributed by atoms with Crippen LogP contribution in [0.25, 0.3) is 0 Å². The predicted octanol–water partition coefficient (Wildman–Crippen LogP) is 3.37. The first-order chi connectivity index (χ1) is 9.31. The molecule has 0 saturated heterocycles. The summed E-state index contributed by atoms with van der Waals surface area (Å²) in [5.41, 5.74) is 0. The number of carbonyl (C=O) groups excluding carboxylic acids is 2. The zero-order valence-electron chi connectivity index (χ0n) is 11.2. The van der Waals surface area contributed by atoms with Crippen molar-refractivity contribution >= 4 is 27.9 Å². The number of rotatable bonds is 9. The molecule has 4 nitrogen and oxygen atoms in total. The number of unbranched alkanes of at least 4 members (excludes halogenated alkanes) is 3. The van der Waals surface area contributed by atoms with Crippen molar-refractivity contribution in [2.45, 2.75) is 51.3 Å². The van der Waals surface area contributed by atoms with Gasteiger partial charge in [-0.05, 0) is 6.42 Å². The van der Waals surface area contributed by atoms with E-state index in [9.17, 15) is 22.8 Å². The van der Waals surface area contributed by atoms with E-state index in [0.717, 1.165) is 19.3 Å². The van der Waals surface area contributed by atoms with Crippen LogP contribution in [0.4, 0.5) is 13.2 Å². The summed E-state index contributed by atoms with van der Waals surface area (Å²) in [6.07, 6.45) is -2.94. The fourth-order valence-electron chi connectivity index (χ4n) is 1.31. The van der Waals surface area contributed by atoms with Gasteiger partial charge in [0.15, 0.2) is 0 Å². The van der Waals surface area contributed by atoms with E-state index in [-0.39, 0.29) is 11.9 Å². The second-order valence-corrected chi connectivity index (χ2v) is 4.81. The van der Waals surface area contributed by atoms with Crippen LogP contribution in [-0.2, 0) is 19.1 Å². The largest absolute Gasteiger partial charge is 0.490 e. The zero-order valence-corrected chi connectivity index (χ0v) is 12.8. The molecule has 20 heavy (non-hydrogen) atoms. The van der Waals surface area contributed by atoms with Crippen molar-refractivity contribution in [3.63, 3.8) is 0 Å². The van der Waals surface area contributed by atoms with Crippen molar-refractivity contribution in [2.75, 3.05) is 11.9 Å². The summed E-state index contributed by atoms with van der Waals surface area (Å²) in [7, 11) is 0. The van der Waals surface area contributed by atoms with Crippen LogP contribution in [0.15, 0.2) is 0 Å². The molecule has 0 rings (SSSR count). The van der Waals surface area contributed by atoms with E-state index >= 15 is 0 Å². The Kier molecular flexibility index (Phi) is 9.62. The second kappa shape index (κ2) is 10.0. The maximum atomic E-state index is 12.0. The SMILES string of the molecule is CCCCCCOC(=O)CC(CBr)OC(=O)C(F)(F)F. The van der Waals surface area contributed by atoms with Gasteiger partial charge in [0.1, 0.15) is 6.10 Å². The Labute approximate surface area is 124 Å². The third-order valence-corrected chi connectivity index (χ3v) is 3.05. The molecule has 0 aromatic heterocycles. The van der Waals surface area contributed by atoms with Crippen molar-refractivity contribution in [3.05, 3.63) is 0 Å². The fourth-order valence-corrected chi connectivity index (χ4v) is 1.67. The molecule has 0 aliphatic heterocycles. The molecule has 0 radical (unpaired) electrons. The van der Waals surface area contributed by atoms with Crippen molar-refractivity contribution in [3.8, 4) is 0 Å². The van der Waals surface area contributed by atoms with Gasteiger partial charge in [0, 0.05) is 5.33 Å². The molecular weight excluding hydrogens is 345 g/mol. The third-order valence-electron chi connectivity index (χ3n) is 2.33. The maximum absolute atomic E-state index is 12.0.